The number of alkyl halides is 1. The van der Waals surface area contributed by atoms with Crippen LogP contribution in [0.4, 0.5) is 0 Å². The molecule has 1 rings (SSSR count). The van der Waals surface area contributed by atoms with Gasteiger partial charge in [0.25, 0.3) is 0 Å². The summed E-state index contributed by atoms with van der Waals surface area (Å²) in [5.74, 6) is 7.35. The van der Waals surface area contributed by atoms with Crippen LogP contribution >= 0.6 is 11.6 Å². The summed E-state index contributed by atoms with van der Waals surface area (Å²) >= 11 is 5.49. The number of rotatable bonds is 4. The number of hydrogen-bond donors (Lipinski definition) is 0. The topological polar surface area (TPSA) is 22.1 Å². The normalized spacial score (nSPS) is 11.4. The molecule has 0 bridgehead atoms. The van der Waals surface area contributed by atoms with Gasteiger partial charge in [-0.3, -0.25) is 4.98 Å². The molecule has 0 radical (unpaired) electrons. The van der Waals surface area contributed by atoms with Crippen LogP contribution in [0.3, 0.4) is 0 Å². The third-order valence-corrected chi connectivity index (χ3v) is 2.38. The lowest BCUT2D eigenvalue weighted by molar-refractivity contribution is 0.255. The molecule has 3 heteroatoms. The molecule has 2 nitrogen and oxygen atoms in total. The van der Waals surface area contributed by atoms with Crippen LogP contribution in [0, 0.1) is 17.8 Å². The Morgan fingerprint density at radius 1 is 1.50 bits per heavy atom. The first-order valence-electron chi connectivity index (χ1n) is 5.39. The van der Waals surface area contributed by atoms with Gasteiger partial charge in [-0.25, -0.2) is 0 Å². The highest BCUT2D eigenvalue weighted by molar-refractivity contribution is 6.19. The van der Waals surface area contributed by atoms with Gasteiger partial charge in [-0.2, -0.15) is 0 Å². The monoisotopic (exact) mass is 237 g/mol. The Labute approximate surface area is 102 Å². The van der Waals surface area contributed by atoms with Gasteiger partial charge in [0.1, 0.15) is 5.75 Å². The second-order valence-electron chi connectivity index (χ2n) is 3.67. The van der Waals surface area contributed by atoms with E-state index in [9.17, 15) is 0 Å². The molecule has 0 saturated heterocycles. The molecule has 1 aromatic heterocycles. The standard InChI is InChI=1S/C13H16ClNO/c1-3-11(2)10-16-13-7-12(5-4-6-14)8-15-9-13/h7-9,11H,3,6,10H2,1-2H3. The Morgan fingerprint density at radius 3 is 3.00 bits per heavy atom. The second kappa shape index (κ2) is 7.14. The predicted octanol–water partition coefficient (Wildman–Crippen LogP) is 3.10. The fourth-order valence-corrected chi connectivity index (χ4v) is 1.12. The minimum Gasteiger partial charge on any atom is -0.492 e. The Kier molecular flexibility index (Phi) is 5.74. The van der Waals surface area contributed by atoms with Crippen molar-refractivity contribution in [1.82, 2.24) is 4.98 Å². The van der Waals surface area contributed by atoms with Gasteiger partial charge in [0.15, 0.2) is 0 Å². The Hall–Kier alpha value is -1.20. The van der Waals surface area contributed by atoms with E-state index >= 15 is 0 Å². The highest BCUT2D eigenvalue weighted by Crippen LogP contribution is 2.12. The first kappa shape index (κ1) is 12.9. The van der Waals surface area contributed by atoms with Crippen molar-refractivity contribution in [2.75, 3.05) is 12.5 Å². The fourth-order valence-electron chi connectivity index (χ4n) is 1.06. The smallest absolute Gasteiger partial charge is 0.138 e. The number of halogens is 1. The third kappa shape index (κ3) is 4.55. The minimum atomic E-state index is 0.331. The number of hydrogen-bond acceptors (Lipinski definition) is 2. The molecule has 0 fully saturated rings. The molecule has 1 heterocycles. The van der Waals surface area contributed by atoms with E-state index in [-0.39, 0.29) is 0 Å². The summed E-state index contributed by atoms with van der Waals surface area (Å²) in [6.45, 7) is 5.02. The van der Waals surface area contributed by atoms with Crippen molar-refractivity contribution in [3.63, 3.8) is 0 Å². The molecule has 0 N–H and O–H groups in total. The first-order chi connectivity index (χ1) is 7.76. The van der Waals surface area contributed by atoms with Gasteiger partial charge in [-0.1, -0.05) is 32.1 Å². The van der Waals surface area contributed by atoms with Gasteiger partial charge < -0.3 is 4.74 Å². The summed E-state index contributed by atoms with van der Waals surface area (Å²) in [6.07, 6.45) is 4.52. The second-order valence-corrected chi connectivity index (χ2v) is 3.94. The van der Waals surface area contributed by atoms with Gasteiger partial charge in [-0.05, 0) is 12.0 Å². The summed E-state index contributed by atoms with van der Waals surface area (Å²) in [7, 11) is 0. The SMILES string of the molecule is CCC(C)COc1cncc(C#CCCl)c1. The molecule has 1 unspecified atom stereocenters. The van der Waals surface area contributed by atoms with Crippen LogP contribution in [0.1, 0.15) is 25.8 Å². The summed E-state index contributed by atoms with van der Waals surface area (Å²) in [5.41, 5.74) is 0.835. The third-order valence-electron chi connectivity index (χ3n) is 2.24. The minimum absolute atomic E-state index is 0.331. The largest absolute Gasteiger partial charge is 0.492 e. The highest BCUT2D eigenvalue weighted by atomic mass is 35.5. The van der Waals surface area contributed by atoms with E-state index in [4.69, 9.17) is 16.3 Å². The van der Waals surface area contributed by atoms with Crippen LogP contribution in [0.2, 0.25) is 0 Å². The molecule has 1 aromatic rings. The van der Waals surface area contributed by atoms with Crippen molar-refractivity contribution >= 4 is 11.6 Å². The number of aromatic nitrogens is 1. The fraction of sp³-hybridized carbons (Fsp3) is 0.462. The van der Waals surface area contributed by atoms with E-state index in [0.717, 1.165) is 17.7 Å². The van der Waals surface area contributed by atoms with E-state index in [1.165, 1.54) is 0 Å². The average molecular weight is 238 g/mol. The maximum Gasteiger partial charge on any atom is 0.138 e. The first-order valence-corrected chi connectivity index (χ1v) is 5.92. The summed E-state index contributed by atoms with van der Waals surface area (Å²) in [5, 5.41) is 0. The van der Waals surface area contributed by atoms with Gasteiger partial charge in [0.2, 0.25) is 0 Å². The van der Waals surface area contributed by atoms with E-state index in [1.54, 1.807) is 12.4 Å². The van der Waals surface area contributed by atoms with Crippen molar-refractivity contribution in [2.45, 2.75) is 20.3 Å². The molecule has 16 heavy (non-hydrogen) atoms. The van der Waals surface area contributed by atoms with E-state index in [0.29, 0.717) is 18.4 Å². The van der Waals surface area contributed by atoms with Crippen molar-refractivity contribution in [2.24, 2.45) is 5.92 Å². The maximum absolute atomic E-state index is 5.62. The van der Waals surface area contributed by atoms with Gasteiger partial charge in [0, 0.05) is 11.8 Å². The quantitative estimate of drug-likeness (QED) is 0.593. The molecule has 0 aliphatic heterocycles. The van der Waals surface area contributed by atoms with Crippen molar-refractivity contribution in [1.29, 1.82) is 0 Å². The molecule has 0 amide bonds. The number of nitrogens with zero attached hydrogens (tertiary/aromatic N) is 1. The lowest BCUT2D eigenvalue weighted by atomic mass is 10.1. The molecule has 0 aliphatic carbocycles. The van der Waals surface area contributed by atoms with Crippen LogP contribution in [0.5, 0.6) is 5.75 Å². The van der Waals surface area contributed by atoms with Crippen molar-refractivity contribution < 1.29 is 4.74 Å². The Morgan fingerprint density at radius 2 is 2.31 bits per heavy atom. The molecule has 86 valence electrons. The zero-order valence-electron chi connectivity index (χ0n) is 9.66. The summed E-state index contributed by atoms with van der Waals surface area (Å²) in [4.78, 5) is 4.07. The zero-order valence-corrected chi connectivity index (χ0v) is 10.4. The number of pyridine rings is 1. The van der Waals surface area contributed by atoms with Crippen LogP contribution in [-0.2, 0) is 0 Å². The molecule has 0 spiro atoms. The Bertz CT molecular complexity index is 381. The number of ether oxygens (including phenoxy) is 1. The van der Waals surface area contributed by atoms with Crippen molar-refractivity contribution in [3.8, 4) is 17.6 Å². The lowest BCUT2D eigenvalue weighted by Gasteiger charge is -2.10. The van der Waals surface area contributed by atoms with Gasteiger partial charge >= 0.3 is 0 Å². The zero-order chi connectivity index (χ0) is 11.8. The Balaban J connectivity index is 2.60. The van der Waals surface area contributed by atoms with Gasteiger partial charge in [0.05, 0.1) is 18.7 Å². The molecule has 0 aromatic carbocycles. The molecular formula is C13H16ClNO. The average Bonchev–Trinajstić information content (AvgIpc) is 2.34. The summed E-state index contributed by atoms with van der Waals surface area (Å²) in [6, 6.07) is 1.88. The highest BCUT2D eigenvalue weighted by Gasteiger charge is 2.00. The molecule has 0 aliphatic rings. The van der Waals surface area contributed by atoms with E-state index in [2.05, 4.69) is 30.7 Å². The lowest BCUT2D eigenvalue weighted by Crippen LogP contribution is -2.07. The maximum atomic E-state index is 5.62. The van der Waals surface area contributed by atoms with E-state index in [1.807, 2.05) is 6.07 Å². The van der Waals surface area contributed by atoms with E-state index < -0.39 is 0 Å². The molecule has 0 saturated carbocycles. The molecular weight excluding hydrogens is 222 g/mol. The van der Waals surface area contributed by atoms with Crippen LogP contribution in [-0.4, -0.2) is 17.5 Å². The van der Waals surface area contributed by atoms with Crippen LogP contribution < -0.4 is 4.74 Å². The van der Waals surface area contributed by atoms with Crippen LogP contribution in [0.25, 0.3) is 0 Å². The molecule has 1 atom stereocenters. The van der Waals surface area contributed by atoms with Crippen LogP contribution in [0.15, 0.2) is 18.5 Å². The summed E-state index contributed by atoms with van der Waals surface area (Å²) < 4.78 is 5.62. The predicted molar refractivity (Wildman–Crippen MR) is 66.8 cm³/mol. The van der Waals surface area contributed by atoms with Crippen molar-refractivity contribution in [3.05, 3.63) is 24.0 Å². The van der Waals surface area contributed by atoms with Gasteiger partial charge in [-0.15, -0.1) is 11.6 Å².